The molecule has 5 nitrogen and oxygen atoms in total. The van der Waals surface area contributed by atoms with Gasteiger partial charge in [0, 0.05) is 5.69 Å². The van der Waals surface area contributed by atoms with E-state index in [4.69, 9.17) is 4.74 Å². The Kier molecular flexibility index (Phi) is 4.34. The van der Waals surface area contributed by atoms with Gasteiger partial charge in [-0.3, -0.25) is 4.79 Å². The zero-order valence-corrected chi connectivity index (χ0v) is 13.6. The Hall–Kier alpha value is -2.73. The first-order valence-electron chi connectivity index (χ1n) is 7.01. The van der Waals surface area contributed by atoms with Crippen LogP contribution in [-0.4, -0.2) is 22.6 Å². The minimum Gasteiger partial charge on any atom is -0.496 e. The van der Waals surface area contributed by atoms with E-state index in [0.717, 1.165) is 21.7 Å². The van der Waals surface area contributed by atoms with Crippen LogP contribution in [0.25, 0.3) is 10.4 Å². The van der Waals surface area contributed by atoms with Crippen molar-refractivity contribution in [2.45, 2.75) is 6.92 Å². The van der Waals surface area contributed by atoms with Crippen LogP contribution in [-0.2, 0) is 0 Å². The number of methoxy groups -OCH3 is 1. The zero-order valence-electron chi connectivity index (χ0n) is 12.7. The predicted octanol–water partition coefficient (Wildman–Crippen LogP) is 3.77. The lowest BCUT2D eigenvalue weighted by Gasteiger charge is -2.10. The van der Waals surface area contributed by atoms with Gasteiger partial charge in [-0.25, -0.2) is 0 Å². The third-order valence-electron chi connectivity index (χ3n) is 3.39. The molecular weight excluding hydrogens is 310 g/mol. The summed E-state index contributed by atoms with van der Waals surface area (Å²) in [6.07, 6.45) is 1.72. The fourth-order valence-corrected chi connectivity index (χ4v) is 2.73. The van der Waals surface area contributed by atoms with Crippen LogP contribution in [0.5, 0.6) is 5.75 Å². The van der Waals surface area contributed by atoms with Gasteiger partial charge in [-0.1, -0.05) is 28.3 Å². The van der Waals surface area contributed by atoms with Crippen LogP contribution >= 0.6 is 11.5 Å². The third-order valence-corrected chi connectivity index (χ3v) is 4.10. The van der Waals surface area contributed by atoms with Crippen LogP contribution in [0.3, 0.4) is 0 Å². The van der Waals surface area contributed by atoms with Crippen molar-refractivity contribution in [1.29, 1.82) is 0 Å². The molecule has 116 valence electrons. The first-order chi connectivity index (χ1) is 11.2. The molecule has 0 fully saturated rings. The number of amides is 1. The standard InChI is InChI=1S/C17H15N3O2S/c1-11-3-8-15(22-2)14(9-11)17(21)19-13-6-4-12(5-7-13)16-10-18-20-23-16/h3-10H,1-2H3,(H,19,21). The predicted molar refractivity (Wildman–Crippen MR) is 91.0 cm³/mol. The molecule has 1 heterocycles. The Morgan fingerprint density at radius 2 is 1.96 bits per heavy atom. The molecule has 23 heavy (non-hydrogen) atoms. The van der Waals surface area contributed by atoms with Crippen LogP contribution in [0.1, 0.15) is 15.9 Å². The van der Waals surface area contributed by atoms with E-state index < -0.39 is 0 Å². The van der Waals surface area contributed by atoms with E-state index in [1.165, 1.54) is 11.5 Å². The van der Waals surface area contributed by atoms with Crippen molar-refractivity contribution in [3.8, 4) is 16.2 Å². The molecule has 0 aliphatic heterocycles. The molecule has 6 heteroatoms. The number of carbonyl (C=O) groups is 1. The molecular formula is C17H15N3O2S. The van der Waals surface area contributed by atoms with E-state index in [1.807, 2.05) is 43.3 Å². The fourth-order valence-electron chi connectivity index (χ4n) is 2.21. The molecule has 2 aromatic carbocycles. The largest absolute Gasteiger partial charge is 0.496 e. The summed E-state index contributed by atoms with van der Waals surface area (Å²) in [5.74, 6) is 0.359. The molecule has 1 N–H and O–H groups in total. The first kappa shape index (κ1) is 15.2. The lowest BCUT2D eigenvalue weighted by molar-refractivity contribution is 0.102. The molecule has 0 radical (unpaired) electrons. The Balaban J connectivity index is 1.79. The Morgan fingerprint density at radius 1 is 1.17 bits per heavy atom. The Labute approximate surface area is 138 Å². The molecule has 3 rings (SSSR count). The summed E-state index contributed by atoms with van der Waals surface area (Å²) in [5.41, 5.74) is 3.26. The summed E-state index contributed by atoms with van der Waals surface area (Å²) in [7, 11) is 1.55. The van der Waals surface area contributed by atoms with Gasteiger partial charge in [0.05, 0.1) is 23.7 Å². The van der Waals surface area contributed by atoms with E-state index in [2.05, 4.69) is 14.9 Å². The van der Waals surface area contributed by atoms with Gasteiger partial charge in [-0.2, -0.15) is 0 Å². The van der Waals surface area contributed by atoms with Gasteiger partial charge in [0.15, 0.2) is 0 Å². The summed E-state index contributed by atoms with van der Waals surface area (Å²) >= 11 is 1.33. The molecule has 0 saturated carbocycles. The van der Waals surface area contributed by atoms with E-state index in [9.17, 15) is 4.79 Å². The van der Waals surface area contributed by atoms with Crippen molar-refractivity contribution in [2.75, 3.05) is 12.4 Å². The second-order valence-electron chi connectivity index (χ2n) is 5.02. The maximum absolute atomic E-state index is 12.5. The van der Waals surface area contributed by atoms with Crippen molar-refractivity contribution in [3.05, 3.63) is 59.8 Å². The average Bonchev–Trinajstić information content (AvgIpc) is 3.10. The van der Waals surface area contributed by atoms with Crippen LogP contribution in [0.2, 0.25) is 0 Å². The van der Waals surface area contributed by atoms with Crippen molar-refractivity contribution >= 4 is 23.1 Å². The van der Waals surface area contributed by atoms with Crippen LogP contribution < -0.4 is 10.1 Å². The Bertz CT molecular complexity index is 814. The highest BCUT2D eigenvalue weighted by Gasteiger charge is 2.13. The van der Waals surface area contributed by atoms with Crippen molar-refractivity contribution in [2.24, 2.45) is 0 Å². The SMILES string of the molecule is COc1ccc(C)cc1C(=O)Nc1ccc(-c2cnns2)cc1. The van der Waals surface area contributed by atoms with Crippen LogP contribution in [0, 0.1) is 6.92 Å². The molecule has 0 unspecified atom stereocenters. The maximum Gasteiger partial charge on any atom is 0.259 e. The molecule has 0 aliphatic carbocycles. The van der Waals surface area contributed by atoms with Gasteiger partial charge in [0.25, 0.3) is 5.91 Å². The normalized spacial score (nSPS) is 10.3. The maximum atomic E-state index is 12.5. The summed E-state index contributed by atoms with van der Waals surface area (Å²) in [6.45, 7) is 1.94. The van der Waals surface area contributed by atoms with Gasteiger partial charge >= 0.3 is 0 Å². The highest BCUT2D eigenvalue weighted by molar-refractivity contribution is 7.09. The highest BCUT2D eigenvalue weighted by Crippen LogP contribution is 2.25. The van der Waals surface area contributed by atoms with Gasteiger partial charge < -0.3 is 10.1 Å². The quantitative estimate of drug-likeness (QED) is 0.793. The minimum atomic E-state index is -0.197. The average molecular weight is 325 g/mol. The molecule has 0 saturated heterocycles. The van der Waals surface area contributed by atoms with E-state index in [1.54, 1.807) is 19.4 Å². The lowest BCUT2D eigenvalue weighted by atomic mass is 10.1. The van der Waals surface area contributed by atoms with Crippen LogP contribution in [0.4, 0.5) is 5.69 Å². The number of anilines is 1. The zero-order chi connectivity index (χ0) is 16.2. The molecule has 1 aromatic heterocycles. The number of aryl methyl sites for hydroxylation is 1. The topological polar surface area (TPSA) is 64.1 Å². The van der Waals surface area contributed by atoms with Crippen molar-refractivity contribution in [3.63, 3.8) is 0 Å². The first-order valence-corrected chi connectivity index (χ1v) is 7.78. The monoisotopic (exact) mass is 325 g/mol. The van der Waals surface area contributed by atoms with Crippen molar-refractivity contribution < 1.29 is 9.53 Å². The molecule has 0 bridgehead atoms. The number of aromatic nitrogens is 2. The second kappa shape index (κ2) is 6.58. The van der Waals surface area contributed by atoms with Gasteiger partial charge in [-0.05, 0) is 48.3 Å². The second-order valence-corrected chi connectivity index (χ2v) is 5.80. The van der Waals surface area contributed by atoms with Gasteiger partial charge in [-0.15, -0.1) is 5.10 Å². The summed E-state index contributed by atoms with van der Waals surface area (Å²) in [6, 6.07) is 13.1. The number of rotatable bonds is 4. The number of nitrogens with one attached hydrogen (secondary N) is 1. The third kappa shape index (κ3) is 3.37. The number of carbonyl (C=O) groups excluding carboxylic acids is 1. The number of benzene rings is 2. The van der Waals surface area contributed by atoms with Gasteiger partial charge in [0.1, 0.15) is 5.75 Å². The number of nitrogens with zero attached hydrogens (tertiary/aromatic N) is 2. The molecule has 1 amide bonds. The molecule has 0 aliphatic rings. The van der Waals surface area contributed by atoms with E-state index in [0.29, 0.717) is 11.3 Å². The van der Waals surface area contributed by atoms with E-state index in [-0.39, 0.29) is 5.91 Å². The Morgan fingerprint density at radius 3 is 2.61 bits per heavy atom. The number of ether oxygens (including phenoxy) is 1. The smallest absolute Gasteiger partial charge is 0.259 e. The molecule has 3 aromatic rings. The van der Waals surface area contributed by atoms with Crippen LogP contribution in [0.15, 0.2) is 48.7 Å². The summed E-state index contributed by atoms with van der Waals surface area (Å²) in [5, 5.41) is 6.71. The van der Waals surface area contributed by atoms with Crippen molar-refractivity contribution in [1.82, 2.24) is 9.59 Å². The molecule has 0 spiro atoms. The highest BCUT2D eigenvalue weighted by atomic mass is 32.1. The molecule has 0 atom stereocenters. The van der Waals surface area contributed by atoms with Gasteiger partial charge in [0.2, 0.25) is 0 Å². The summed E-state index contributed by atoms with van der Waals surface area (Å²) in [4.78, 5) is 13.4. The lowest BCUT2D eigenvalue weighted by Crippen LogP contribution is -2.13. The fraction of sp³-hybridized carbons (Fsp3) is 0.118. The number of hydrogen-bond donors (Lipinski definition) is 1. The summed E-state index contributed by atoms with van der Waals surface area (Å²) < 4.78 is 9.10. The minimum absolute atomic E-state index is 0.197. The number of hydrogen-bond acceptors (Lipinski definition) is 5. The van der Waals surface area contributed by atoms with E-state index >= 15 is 0 Å².